The Labute approximate surface area is 145 Å². The summed E-state index contributed by atoms with van der Waals surface area (Å²) in [7, 11) is -5.07. The molecule has 0 aromatic carbocycles. The van der Waals surface area contributed by atoms with Gasteiger partial charge in [-0.25, -0.2) is 0 Å². The summed E-state index contributed by atoms with van der Waals surface area (Å²) >= 11 is 7.15. The molecule has 2 atom stereocenters. The van der Waals surface area contributed by atoms with Crippen LogP contribution in [-0.2, 0) is 123 Å². The van der Waals surface area contributed by atoms with Crippen LogP contribution in [-0.4, -0.2) is 0 Å². The third-order valence-electron chi connectivity index (χ3n) is 0. The summed E-state index contributed by atoms with van der Waals surface area (Å²) in [4.78, 5) is 17.7. The Morgan fingerprint density at radius 3 is 0.750 bits per heavy atom. The van der Waals surface area contributed by atoms with Crippen molar-refractivity contribution in [1.82, 2.24) is 0 Å². The largest absolute Gasteiger partial charge is 1.00 e. The van der Waals surface area contributed by atoms with Crippen molar-refractivity contribution in [2.75, 3.05) is 0 Å². The van der Waals surface area contributed by atoms with Crippen LogP contribution in [0.25, 0.3) is 0 Å². The fourth-order valence-electron chi connectivity index (χ4n) is 0. The molecule has 0 radical (unpaired) electrons. The van der Waals surface area contributed by atoms with Gasteiger partial charge in [0.05, 0.1) is 0 Å². The van der Waals surface area contributed by atoms with E-state index in [9.17, 15) is 0 Å². The molecule has 0 aliphatic carbocycles. The molecule has 0 rings (SSSR count). The standard InChI is InChI=1S/4Au.2HO2PS/c;;;;2*1-3(2)4/h;;;;2*(H,1,2,4)/q4*+1;;/p-2. The van der Waals surface area contributed by atoms with Crippen molar-refractivity contribution < 1.29 is 108 Å². The first-order valence-corrected chi connectivity index (χ1v) is 5.48. The Hall–Kier alpha value is 3.78. The fourth-order valence-corrected chi connectivity index (χ4v) is 0. The zero-order chi connectivity index (χ0) is 7.15. The summed E-state index contributed by atoms with van der Waals surface area (Å²) in [6.07, 6.45) is 0. The van der Waals surface area contributed by atoms with Crippen LogP contribution in [0.5, 0.6) is 0 Å². The molecule has 0 saturated carbocycles. The summed E-state index contributed by atoms with van der Waals surface area (Å²) in [6.45, 7) is 0. The minimum atomic E-state index is -2.54. The third-order valence-corrected chi connectivity index (χ3v) is 0. The first kappa shape index (κ1) is 36.0. The van der Waals surface area contributed by atoms with E-state index in [1.165, 1.54) is 0 Å². The second-order valence-corrected chi connectivity index (χ2v) is 3.13. The molecule has 0 aromatic rings. The maximum Gasteiger partial charge on any atom is 1.00 e. The zero-order valence-electron chi connectivity index (χ0n) is 4.55. The summed E-state index contributed by atoms with van der Waals surface area (Å²) in [6, 6.07) is 0. The van der Waals surface area contributed by atoms with Gasteiger partial charge in [-0.1, -0.05) is 0 Å². The minimum Gasteiger partial charge on any atom is -0.614 e. The van der Waals surface area contributed by atoms with Crippen molar-refractivity contribution in [1.29, 1.82) is 0 Å². The van der Waals surface area contributed by atoms with Crippen molar-refractivity contribution in [3.05, 3.63) is 0 Å². The Morgan fingerprint density at radius 1 is 0.750 bits per heavy atom. The molecule has 0 spiro atoms. The molecule has 0 aromatic heterocycles. The Morgan fingerprint density at radius 2 is 0.750 bits per heavy atom. The molecule has 12 heavy (non-hydrogen) atoms. The van der Waals surface area contributed by atoms with E-state index in [-0.39, 0.29) is 89.5 Å². The number of hydrogen-bond acceptors (Lipinski definition) is 6. The predicted octanol–water partition coefficient (Wildman–Crippen LogP) is -0.908. The smallest absolute Gasteiger partial charge is 0.614 e. The molecule has 4 nitrogen and oxygen atoms in total. The normalized spacial score (nSPS) is 7.33. The van der Waals surface area contributed by atoms with Gasteiger partial charge < -0.3 is 34.3 Å². The van der Waals surface area contributed by atoms with Crippen LogP contribution in [0.1, 0.15) is 0 Å². The number of rotatable bonds is 0. The van der Waals surface area contributed by atoms with E-state index >= 15 is 0 Å². The van der Waals surface area contributed by atoms with Gasteiger partial charge in [0.15, 0.2) is 14.5 Å². The van der Waals surface area contributed by atoms with Crippen molar-refractivity contribution in [2.45, 2.75) is 0 Å². The molecule has 0 amide bonds. The maximum atomic E-state index is 8.85. The van der Waals surface area contributed by atoms with E-state index in [4.69, 9.17) is 18.9 Å². The molecule has 2 unspecified atom stereocenters. The van der Waals surface area contributed by atoms with Crippen LogP contribution in [0.15, 0.2) is 0 Å². The monoisotopic (exact) mass is 978 g/mol. The van der Waals surface area contributed by atoms with E-state index in [1.54, 1.807) is 0 Å². The van der Waals surface area contributed by atoms with Gasteiger partial charge in [-0.15, -0.1) is 9.13 Å². The Bertz CT molecular complexity index is 81.1. The molecule has 0 aliphatic rings. The molecule has 0 heterocycles. The first-order valence-electron chi connectivity index (χ1n) is 1.10. The van der Waals surface area contributed by atoms with Crippen LogP contribution in [0, 0.1) is 0 Å². The molecule has 0 N–H and O–H groups in total. The average Bonchev–Trinajstić information content (AvgIpc) is 1.25. The molecular weight excluding hydrogens is 978 g/mol. The Balaban J connectivity index is -0.0000000112. The van der Waals surface area contributed by atoms with E-state index in [0.717, 1.165) is 0 Å². The van der Waals surface area contributed by atoms with E-state index in [1.807, 2.05) is 0 Å². The van der Waals surface area contributed by atoms with Crippen LogP contribution in [0.3, 0.4) is 0 Å². The van der Waals surface area contributed by atoms with Gasteiger partial charge in [0, 0.05) is 0 Å². The first-order chi connectivity index (χ1) is 3.46. The van der Waals surface area contributed by atoms with E-state index in [0.29, 0.717) is 0 Å². The summed E-state index contributed by atoms with van der Waals surface area (Å²) in [5.74, 6) is 0. The molecule has 88 valence electrons. The van der Waals surface area contributed by atoms with Gasteiger partial charge in [-0.3, -0.25) is 0 Å². The van der Waals surface area contributed by atoms with Gasteiger partial charge in [-0.05, 0) is 0 Å². The average molecular weight is 978 g/mol. The fraction of sp³-hybridized carbons (Fsp3) is 0. The maximum absolute atomic E-state index is 8.85. The van der Waals surface area contributed by atoms with Crippen molar-refractivity contribution >= 4 is 39.0 Å². The molecular formula is Au4O4P2S2+2. The van der Waals surface area contributed by atoms with Gasteiger partial charge >= 0.3 is 89.5 Å². The topological polar surface area (TPSA) is 80.3 Å². The molecule has 0 bridgehead atoms. The number of hydrogen-bond donors (Lipinski definition) is 0. The molecule has 0 saturated heterocycles. The minimum absolute atomic E-state index is 0. The SMILES string of the molecule is O=[P+]([O-])[S-].O=[P+]([O-])[S-].[Au+].[Au+].[Au+].[Au+]. The van der Waals surface area contributed by atoms with E-state index < -0.39 is 14.5 Å². The van der Waals surface area contributed by atoms with E-state index in [2.05, 4.69) is 24.5 Å². The quantitative estimate of drug-likeness (QED) is 0.178. The second-order valence-electron chi connectivity index (χ2n) is 0.447. The van der Waals surface area contributed by atoms with Crippen molar-refractivity contribution in [3.8, 4) is 0 Å². The van der Waals surface area contributed by atoms with Crippen LogP contribution in [0.2, 0.25) is 0 Å². The van der Waals surface area contributed by atoms with Gasteiger partial charge in [0.25, 0.3) is 0 Å². The summed E-state index contributed by atoms with van der Waals surface area (Å²) in [5.41, 5.74) is 0. The third kappa shape index (κ3) is 157. The summed E-state index contributed by atoms with van der Waals surface area (Å²) in [5, 5.41) is 0. The Kier molecular flexibility index (Phi) is 88.1. The van der Waals surface area contributed by atoms with Crippen LogP contribution >= 0.6 is 14.5 Å². The van der Waals surface area contributed by atoms with Crippen LogP contribution < -0.4 is 9.79 Å². The molecule has 0 fully saturated rings. The van der Waals surface area contributed by atoms with Crippen molar-refractivity contribution in [2.24, 2.45) is 0 Å². The van der Waals surface area contributed by atoms with Crippen LogP contribution in [0.4, 0.5) is 0 Å². The van der Waals surface area contributed by atoms with Gasteiger partial charge in [0.1, 0.15) is 0 Å². The van der Waals surface area contributed by atoms with Gasteiger partial charge in [0.2, 0.25) is 0 Å². The molecule has 0 aliphatic heterocycles. The predicted molar refractivity (Wildman–Crippen MR) is 29.9 cm³/mol. The van der Waals surface area contributed by atoms with Crippen molar-refractivity contribution in [3.63, 3.8) is 0 Å². The summed E-state index contributed by atoms with van der Waals surface area (Å²) < 4.78 is 17.7. The second kappa shape index (κ2) is 29.3. The molecule has 12 heteroatoms. The zero-order valence-corrected chi connectivity index (χ0v) is 16.6. The van der Waals surface area contributed by atoms with Gasteiger partial charge in [-0.2, -0.15) is 0 Å².